The molecule has 4 saturated carbocycles. The van der Waals surface area contributed by atoms with Crippen molar-refractivity contribution in [3.8, 4) is 0 Å². The van der Waals surface area contributed by atoms with Crippen molar-refractivity contribution in [2.75, 3.05) is 64.0 Å². The Balaban J connectivity index is -0.000000217. The van der Waals surface area contributed by atoms with Gasteiger partial charge in [0.05, 0.1) is 52.9 Å². The van der Waals surface area contributed by atoms with Gasteiger partial charge in [-0.2, -0.15) is 0 Å². The average Bonchev–Trinajstić information content (AvgIpc) is 4.00. The maximum atomic E-state index is 5.48. The third kappa shape index (κ3) is 46.5. The number of rotatable bonds is 15. The van der Waals surface area contributed by atoms with E-state index >= 15 is 0 Å². The van der Waals surface area contributed by atoms with Crippen LogP contribution in [0.25, 0.3) is 0 Å². The second-order valence-electron chi connectivity index (χ2n) is 21.5. The zero-order valence-electron chi connectivity index (χ0n) is 50.4. The van der Waals surface area contributed by atoms with Crippen LogP contribution in [-0.2, 0) is 42.6 Å². The van der Waals surface area contributed by atoms with Gasteiger partial charge in [0.2, 0.25) is 0 Å². The molecule has 0 saturated heterocycles. The molecule has 4 rings (SSSR count). The molecule has 0 aromatic heterocycles. The normalized spacial score (nSPS) is 19.8. The van der Waals surface area contributed by atoms with E-state index in [1.807, 2.05) is 55.9 Å². The molecule has 4 fully saturated rings. The molecule has 0 N–H and O–H groups in total. The van der Waals surface area contributed by atoms with Gasteiger partial charge >= 0.3 is 0 Å². The summed E-state index contributed by atoms with van der Waals surface area (Å²) in [4.78, 5) is 0. The van der Waals surface area contributed by atoms with Crippen molar-refractivity contribution < 1.29 is 42.6 Å². The fourth-order valence-corrected chi connectivity index (χ4v) is 7.21. The molecule has 0 aliphatic heterocycles. The highest BCUT2D eigenvalue weighted by molar-refractivity contribution is 4.90. The second kappa shape index (κ2) is 46.7. The van der Waals surface area contributed by atoms with E-state index in [0.29, 0.717) is 30.5 Å². The van der Waals surface area contributed by atoms with Gasteiger partial charge < -0.3 is 42.6 Å². The van der Waals surface area contributed by atoms with Crippen molar-refractivity contribution >= 4 is 0 Å². The first-order chi connectivity index (χ1) is 31.3. The minimum absolute atomic E-state index is 0.0417. The third-order valence-corrected chi connectivity index (χ3v) is 14.7. The highest BCUT2D eigenvalue weighted by Gasteiger charge is 2.39. The lowest BCUT2D eigenvalue weighted by Gasteiger charge is -2.35. The van der Waals surface area contributed by atoms with Crippen LogP contribution in [0, 0.1) is 17.8 Å². The highest BCUT2D eigenvalue weighted by atomic mass is 16.5. The van der Waals surface area contributed by atoms with E-state index in [0.717, 1.165) is 56.3 Å². The summed E-state index contributed by atoms with van der Waals surface area (Å²) in [5, 5.41) is 0. The van der Waals surface area contributed by atoms with E-state index in [2.05, 4.69) is 83.1 Å². The number of hydrogen-bond donors (Lipinski definition) is 0. The molecule has 4 unspecified atom stereocenters. The Morgan fingerprint density at radius 3 is 1.07 bits per heavy atom. The van der Waals surface area contributed by atoms with Gasteiger partial charge in [0.15, 0.2) is 0 Å². The van der Waals surface area contributed by atoms with Crippen molar-refractivity contribution in [1.29, 1.82) is 0 Å². The summed E-state index contributed by atoms with van der Waals surface area (Å²) in [7, 11) is 15.9. The molecule has 412 valence electrons. The minimum Gasteiger partial charge on any atom is -0.382 e. The van der Waals surface area contributed by atoms with Crippen LogP contribution in [0.4, 0.5) is 0 Å². The van der Waals surface area contributed by atoms with Gasteiger partial charge in [-0.3, -0.25) is 0 Å². The smallest absolute Gasteiger partial charge is 0.0650 e. The standard InChI is InChI=1S/C10H20O.C8H14O.C7H14O.C7H16O.2C6H14O.2C5H12O.C4H10O/c1-10(2,11-3)9-7-5-4-6-8-9;1-9-8-5-6-2-3-7(8)4-6;1-8-7-5-3-2-4-6-7;1-5-7(3,6-2)8-4;1-5-6(2,3)7-4;1-4-6(5-2)7-3;1-5(2,3)6-4;1-4-5(2)6-3;1-4(2)5-3/h9H,4-8H2,1-3H3;6-8H,2-5H2,1H3;7H,2-6H2,1H3;5-6H2,1-4H3;5H2,1-4H3;6H,4-5H2,1-3H3;1-4H3;5H,4H2,1-3H3;4H,1-3H3. The molecule has 0 spiro atoms. The van der Waals surface area contributed by atoms with E-state index in [9.17, 15) is 0 Å². The van der Waals surface area contributed by atoms with Crippen molar-refractivity contribution in [3.05, 3.63) is 0 Å². The van der Waals surface area contributed by atoms with Crippen LogP contribution in [0.2, 0.25) is 0 Å². The molecule has 4 aliphatic carbocycles. The Kier molecular flexibility index (Phi) is 52.7. The zero-order valence-corrected chi connectivity index (χ0v) is 50.4. The molecule has 4 atom stereocenters. The SMILES string of the molecule is CCC(C)(C)OC.CCC(C)(CC)OC.CCC(C)OC.CCC(CC)OC.COC(C)(C)C.COC(C)(C)C1CCCCC1.COC(C)C.COC1CC2CCC1C2.COC1CCCCC1. The van der Waals surface area contributed by atoms with Crippen LogP contribution < -0.4 is 0 Å². The number of methoxy groups -OCH3 is 9. The predicted octanol–water partition coefficient (Wildman–Crippen LogP) is 16.5. The molecule has 0 radical (unpaired) electrons. The molecule has 2 bridgehead atoms. The number of ether oxygens (including phenoxy) is 9. The monoisotopic (exact) mass is 967 g/mol. The Morgan fingerprint density at radius 1 is 0.463 bits per heavy atom. The fourth-order valence-electron chi connectivity index (χ4n) is 7.21. The largest absolute Gasteiger partial charge is 0.382 e. The van der Waals surface area contributed by atoms with E-state index in [1.54, 1.807) is 42.7 Å². The van der Waals surface area contributed by atoms with Gasteiger partial charge in [0, 0.05) is 64.0 Å². The van der Waals surface area contributed by atoms with Crippen LogP contribution in [0.1, 0.15) is 246 Å². The summed E-state index contributed by atoms with van der Waals surface area (Å²) in [6.07, 6.45) is 28.6. The molecule has 0 aromatic carbocycles. The maximum absolute atomic E-state index is 5.48. The Morgan fingerprint density at radius 2 is 0.925 bits per heavy atom. The van der Waals surface area contributed by atoms with E-state index in [4.69, 9.17) is 42.6 Å². The third-order valence-electron chi connectivity index (χ3n) is 14.7. The van der Waals surface area contributed by atoms with Crippen molar-refractivity contribution in [2.45, 2.75) is 299 Å². The van der Waals surface area contributed by atoms with Gasteiger partial charge in [-0.25, -0.2) is 0 Å². The molecule has 0 amide bonds. The lowest BCUT2D eigenvalue weighted by Crippen LogP contribution is -2.34. The minimum atomic E-state index is 0.0417. The summed E-state index contributed by atoms with van der Waals surface area (Å²) < 4.78 is 46.0. The Hall–Kier alpha value is -0.360. The zero-order chi connectivity index (χ0) is 53.1. The van der Waals surface area contributed by atoms with Crippen molar-refractivity contribution in [1.82, 2.24) is 0 Å². The van der Waals surface area contributed by atoms with E-state index in [1.165, 1.54) is 89.9 Å². The van der Waals surface area contributed by atoms with Gasteiger partial charge in [0.1, 0.15) is 0 Å². The average molecular weight is 968 g/mol. The lowest BCUT2D eigenvalue weighted by molar-refractivity contribution is -0.0399. The van der Waals surface area contributed by atoms with Crippen LogP contribution in [-0.4, -0.2) is 117 Å². The van der Waals surface area contributed by atoms with Crippen molar-refractivity contribution in [3.63, 3.8) is 0 Å². The first-order valence-electron chi connectivity index (χ1n) is 27.1. The van der Waals surface area contributed by atoms with Crippen LogP contribution >= 0.6 is 0 Å². The molecular formula is C58H126O9. The first kappa shape index (κ1) is 75.6. The molecule has 67 heavy (non-hydrogen) atoms. The Bertz CT molecular complexity index is 938. The van der Waals surface area contributed by atoms with Crippen LogP contribution in [0.3, 0.4) is 0 Å². The van der Waals surface area contributed by atoms with Gasteiger partial charge in [0.25, 0.3) is 0 Å². The summed E-state index contributed by atoms with van der Waals surface area (Å²) in [6, 6.07) is 0. The predicted molar refractivity (Wildman–Crippen MR) is 292 cm³/mol. The van der Waals surface area contributed by atoms with Crippen LogP contribution in [0.15, 0.2) is 0 Å². The summed E-state index contributed by atoms with van der Waals surface area (Å²) in [5.41, 5.74) is 0.362. The number of fused-ring (bicyclic) bond motifs is 2. The number of hydrogen-bond acceptors (Lipinski definition) is 9. The van der Waals surface area contributed by atoms with E-state index < -0.39 is 0 Å². The molecular weight excluding hydrogens is 841 g/mol. The van der Waals surface area contributed by atoms with E-state index in [-0.39, 0.29) is 22.4 Å². The van der Waals surface area contributed by atoms with Gasteiger partial charge in [-0.1, -0.05) is 80.1 Å². The van der Waals surface area contributed by atoms with Gasteiger partial charge in [-0.05, 0) is 184 Å². The van der Waals surface area contributed by atoms with Crippen LogP contribution in [0.5, 0.6) is 0 Å². The molecule has 9 nitrogen and oxygen atoms in total. The topological polar surface area (TPSA) is 83.1 Å². The summed E-state index contributed by atoms with van der Waals surface area (Å²) in [6.45, 7) is 35.6. The first-order valence-corrected chi connectivity index (χ1v) is 27.1. The Labute approximate surface area is 422 Å². The molecule has 4 aliphatic rings. The lowest BCUT2D eigenvalue weighted by atomic mass is 9.79. The summed E-state index contributed by atoms with van der Waals surface area (Å²) in [5.74, 6) is 2.75. The fraction of sp³-hybridized carbons (Fsp3) is 1.00. The molecule has 0 heterocycles. The quantitative estimate of drug-likeness (QED) is 0.159. The summed E-state index contributed by atoms with van der Waals surface area (Å²) >= 11 is 0. The molecule has 0 aromatic rings. The van der Waals surface area contributed by atoms with Gasteiger partial charge in [-0.15, -0.1) is 0 Å². The maximum Gasteiger partial charge on any atom is 0.0650 e. The second-order valence-corrected chi connectivity index (χ2v) is 21.5. The highest BCUT2D eigenvalue weighted by Crippen LogP contribution is 2.45. The molecule has 9 heteroatoms. The van der Waals surface area contributed by atoms with Crippen molar-refractivity contribution in [2.24, 2.45) is 17.8 Å².